The molecule has 2 heterocycles. The molecule has 1 saturated heterocycles. The van der Waals surface area contributed by atoms with E-state index in [4.69, 9.17) is 4.74 Å². The molecule has 6 nitrogen and oxygen atoms in total. The second-order valence-corrected chi connectivity index (χ2v) is 6.63. The van der Waals surface area contributed by atoms with Crippen LogP contribution in [0.25, 0.3) is 11.0 Å². The number of fused-ring (bicyclic) bond motifs is 1. The zero-order valence-electron chi connectivity index (χ0n) is 14.5. The molecule has 6 heteroatoms. The van der Waals surface area contributed by atoms with E-state index in [-0.39, 0.29) is 6.03 Å². The van der Waals surface area contributed by atoms with E-state index < -0.39 is 0 Å². The van der Waals surface area contributed by atoms with E-state index in [1.165, 1.54) is 0 Å². The molecule has 0 unspecified atom stereocenters. The van der Waals surface area contributed by atoms with E-state index in [1.807, 2.05) is 12.1 Å². The number of aromatic nitrogens is 2. The molecule has 1 amide bonds. The normalized spacial score (nSPS) is 15.7. The molecule has 1 aliphatic rings. The number of hydrogen-bond acceptors (Lipinski definition) is 4. The molecule has 1 fully saturated rings. The minimum absolute atomic E-state index is 0.116. The van der Waals surface area contributed by atoms with Gasteiger partial charge < -0.3 is 15.0 Å². The van der Waals surface area contributed by atoms with Crippen molar-refractivity contribution < 1.29 is 9.53 Å². The highest BCUT2D eigenvalue weighted by atomic mass is 16.5. The molecule has 0 bridgehead atoms. The van der Waals surface area contributed by atoms with E-state index in [0.717, 1.165) is 55.9 Å². The van der Waals surface area contributed by atoms with Gasteiger partial charge in [0.2, 0.25) is 0 Å². The Labute approximate surface area is 142 Å². The van der Waals surface area contributed by atoms with Crippen LogP contribution in [0.3, 0.4) is 0 Å². The molecule has 1 aliphatic heterocycles. The van der Waals surface area contributed by atoms with Gasteiger partial charge in [0, 0.05) is 26.2 Å². The predicted molar refractivity (Wildman–Crippen MR) is 95.6 cm³/mol. The van der Waals surface area contributed by atoms with Crippen LogP contribution in [0.1, 0.15) is 26.7 Å². The van der Waals surface area contributed by atoms with Crippen LogP contribution in [0.2, 0.25) is 0 Å². The number of anilines is 1. The Balaban J connectivity index is 1.82. The number of hydrogen-bond donors (Lipinski definition) is 1. The zero-order valence-corrected chi connectivity index (χ0v) is 14.5. The Morgan fingerprint density at radius 2 is 2.21 bits per heavy atom. The van der Waals surface area contributed by atoms with Crippen molar-refractivity contribution >= 4 is 22.8 Å². The summed E-state index contributed by atoms with van der Waals surface area (Å²) < 4.78 is 7.14. The van der Waals surface area contributed by atoms with Gasteiger partial charge in [-0.25, -0.2) is 9.78 Å². The maximum Gasteiger partial charge on any atom is 0.327 e. The van der Waals surface area contributed by atoms with Crippen LogP contribution in [0.5, 0.6) is 0 Å². The van der Waals surface area contributed by atoms with Crippen LogP contribution < -0.4 is 10.2 Å². The summed E-state index contributed by atoms with van der Waals surface area (Å²) in [6, 6.07) is 5.89. The maximum atomic E-state index is 12.4. The van der Waals surface area contributed by atoms with Crippen LogP contribution in [-0.4, -0.2) is 48.4 Å². The van der Waals surface area contributed by atoms with Gasteiger partial charge in [-0.15, -0.1) is 0 Å². The van der Waals surface area contributed by atoms with Gasteiger partial charge in [0.1, 0.15) is 11.8 Å². The highest BCUT2D eigenvalue weighted by Crippen LogP contribution is 2.26. The lowest BCUT2D eigenvalue weighted by molar-refractivity contribution is 0.152. The third kappa shape index (κ3) is 3.70. The van der Waals surface area contributed by atoms with Gasteiger partial charge in [-0.1, -0.05) is 19.9 Å². The molecule has 0 radical (unpaired) electrons. The van der Waals surface area contributed by atoms with Crippen LogP contribution in [0, 0.1) is 5.92 Å². The van der Waals surface area contributed by atoms with Crippen LogP contribution >= 0.6 is 0 Å². The number of amides is 1. The number of imidazole rings is 1. The number of ether oxygens (including phenoxy) is 1. The molecule has 1 N–H and O–H groups in total. The highest BCUT2D eigenvalue weighted by Gasteiger charge is 2.17. The molecule has 0 aliphatic carbocycles. The van der Waals surface area contributed by atoms with Gasteiger partial charge in [0.05, 0.1) is 17.8 Å². The van der Waals surface area contributed by atoms with Crippen molar-refractivity contribution in [2.75, 3.05) is 37.7 Å². The van der Waals surface area contributed by atoms with Gasteiger partial charge in [-0.3, -0.25) is 4.57 Å². The third-order valence-corrected chi connectivity index (χ3v) is 4.33. The van der Waals surface area contributed by atoms with Crippen molar-refractivity contribution in [1.29, 1.82) is 0 Å². The van der Waals surface area contributed by atoms with Crippen molar-refractivity contribution in [2.24, 2.45) is 5.92 Å². The highest BCUT2D eigenvalue weighted by molar-refractivity contribution is 5.95. The number of nitrogens with one attached hydrogen (secondary N) is 1. The SMILES string of the molecule is CC(C)CCNC(=O)n1cnc2c(N3CCCOCC3)cccc21. The van der Waals surface area contributed by atoms with Gasteiger partial charge in [-0.2, -0.15) is 0 Å². The molecule has 0 atom stereocenters. The van der Waals surface area contributed by atoms with Crippen molar-refractivity contribution in [1.82, 2.24) is 14.9 Å². The minimum Gasteiger partial charge on any atom is -0.380 e. The quantitative estimate of drug-likeness (QED) is 0.936. The fourth-order valence-corrected chi connectivity index (χ4v) is 2.98. The molecule has 1 aromatic carbocycles. The number of rotatable bonds is 4. The lowest BCUT2D eigenvalue weighted by Gasteiger charge is -2.22. The Bertz CT molecular complexity index is 687. The summed E-state index contributed by atoms with van der Waals surface area (Å²) in [6.07, 6.45) is 3.59. The van der Waals surface area contributed by atoms with E-state index >= 15 is 0 Å². The zero-order chi connectivity index (χ0) is 16.9. The van der Waals surface area contributed by atoms with Crippen LogP contribution in [-0.2, 0) is 4.74 Å². The van der Waals surface area contributed by atoms with Crippen molar-refractivity contribution in [2.45, 2.75) is 26.7 Å². The lowest BCUT2D eigenvalue weighted by atomic mass is 10.1. The fraction of sp³-hybridized carbons (Fsp3) is 0.556. The molecular weight excluding hydrogens is 304 g/mol. The average Bonchev–Trinajstić information content (AvgIpc) is 2.81. The summed E-state index contributed by atoms with van der Waals surface area (Å²) in [5.74, 6) is 0.571. The summed E-state index contributed by atoms with van der Waals surface area (Å²) in [7, 11) is 0. The van der Waals surface area contributed by atoms with Crippen molar-refractivity contribution in [3.05, 3.63) is 24.5 Å². The molecule has 24 heavy (non-hydrogen) atoms. The predicted octanol–water partition coefficient (Wildman–Crippen LogP) is 2.87. The largest absolute Gasteiger partial charge is 0.380 e. The van der Waals surface area contributed by atoms with Gasteiger partial charge in [0.25, 0.3) is 0 Å². The molecule has 3 rings (SSSR count). The van der Waals surface area contributed by atoms with E-state index in [2.05, 4.69) is 35.1 Å². The Hall–Kier alpha value is -2.08. The number of para-hydroxylation sites is 1. The number of carbonyl (C=O) groups excluding carboxylic acids is 1. The molecule has 2 aromatic rings. The molecule has 0 saturated carbocycles. The Morgan fingerprint density at radius 3 is 3.04 bits per heavy atom. The van der Waals surface area contributed by atoms with Gasteiger partial charge >= 0.3 is 6.03 Å². The number of nitrogens with zero attached hydrogens (tertiary/aromatic N) is 3. The third-order valence-electron chi connectivity index (χ3n) is 4.33. The fourth-order valence-electron chi connectivity index (χ4n) is 2.98. The lowest BCUT2D eigenvalue weighted by Crippen LogP contribution is -2.29. The molecular formula is C18H26N4O2. The molecule has 1 aromatic heterocycles. The Morgan fingerprint density at radius 1 is 1.33 bits per heavy atom. The summed E-state index contributed by atoms with van der Waals surface area (Å²) in [4.78, 5) is 19.2. The van der Waals surface area contributed by atoms with Crippen molar-refractivity contribution in [3.63, 3.8) is 0 Å². The van der Waals surface area contributed by atoms with Crippen molar-refractivity contribution in [3.8, 4) is 0 Å². The summed E-state index contributed by atoms with van der Waals surface area (Å²) in [5.41, 5.74) is 2.80. The second-order valence-electron chi connectivity index (χ2n) is 6.63. The van der Waals surface area contributed by atoms with Gasteiger partial charge in [-0.05, 0) is 30.9 Å². The first-order valence-corrected chi connectivity index (χ1v) is 8.74. The van der Waals surface area contributed by atoms with Gasteiger partial charge in [0.15, 0.2) is 0 Å². The second kappa shape index (κ2) is 7.66. The monoisotopic (exact) mass is 330 g/mol. The smallest absolute Gasteiger partial charge is 0.327 e. The van der Waals surface area contributed by atoms with E-state index in [1.54, 1.807) is 10.9 Å². The summed E-state index contributed by atoms with van der Waals surface area (Å²) in [5, 5.41) is 2.97. The van der Waals surface area contributed by atoms with E-state index in [9.17, 15) is 4.79 Å². The van der Waals surface area contributed by atoms with Crippen LogP contribution in [0.4, 0.5) is 10.5 Å². The molecule has 130 valence electrons. The number of carbonyl (C=O) groups is 1. The summed E-state index contributed by atoms with van der Waals surface area (Å²) >= 11 is 0. The molecule has 0 spiro atoms. The Kier molecular flexibility index (Phi) is 5.35. The first kappa shape index (κ1) is 16.8. The maximum absolute atomic E-state index is 12.4. The first-order valence-electron chi connectivity index (χ1n) is 8.74. The van der Waals surface area contributed by atoms with E-state index in [0.29, 0.717) is 12.5 Å². The topological polar surface area (TPSA) is 59.4 Å². The first-order chi connectivity index (χ1) is 11.7. The van der Waals surface area contributed by atoms with Crippen LogP contribution in [0.15, 0.2) is 24.5 Å². The minimum atomic E-state index is -0.116. The average molecular weight is 330 g/mol. The number of benzene rings is 1. The summed E-state index contributed by atoms with van der Waals surface area (Å²) in [6.45, 7) is 8.32. The standard InChI is InChI=1S/C18H26N4O2/c1-14(2)7-8-19-18(23)22-13-20-17-15(5-3-6-16(17)22)21-9-4-11-24-12-10-21/h3,5-6,13-14H,4,7-12H2,1-2H3,(H,19,23).